The summed E-state index contributed by atoms with van der Waals surface area (Å²) >= 11 is 0. The Hall–Kier alpha value is -2.58. The summed E-state index contributed by atoms with van der Waals surface area (Å²) in [5.74, 6) is 0.455. The van der Waals surface area contributed by atoms with Crippen LogP contribution in [0.25, 0.3) is 10.9 Å². The first-order valence-corrected chi connectivity index (χ1v) is 9.85. The van der Waals surface area contributed by atoms with Crippen LogP contribution >= 0.6 is 0 Å². The third-order valence-corrected chi connectivity index (χ3v) is 6.29. The number of piperidine rings is 1. The van der Waals surface area contributed by atoms with Crippen LogP contribution in [0, 0.1) is 0 Å². The van der Waals surface area contributed by atoms with Crippen molar-refractivity contribution in [1.82, 2.24) is 19.3 Å². The van der Waals surface area contributed by atoms with Crippen molar-refractivity contribution in [2.75, 3.05) is 13.1 Å². The number of fused-ring (bicyclic) bond motifs is 1. The predicted octanol–water partition coefficient (Wildman–Crippen LogP) is 2.26. The maximum Gasteiger partial charge on any atom is 0.245 e. The fourth-order valence-corrected chi connectivity index (χ4v) is 4.84. The number of para-hydroxylation sites is 1. The average molecular weight is 370 g/mol. The van der Waals surface area contributed by atoms with E-state index in [-0.39, 0.29) is 17.5 Å². The smallest absolute Gasteiger partial charge is 0.245 e. The average Bonchev–Trinajstić information content (AvgIpc) is 2.68. The molecule has 0 aliphatic carbocycles. The molecule has 1 saturated heterocycles. The lowest BCUT2D eigenvalue weighted by molar-refractivity contribution is 0.124. The molecule has 0 spiro atoms. The van der Waals surface area contributed by atoms with Crippen LogP contribution in [0.2, 0.25) is 0 Å². The summed E-state index contributed by atoms with van der Waals surface area (Å²) in [6, 6.07) is 10.5. The van der Waals surface area contributed by atoms with E-state index in [1.165, 1.54) is 10.6 Å². The molecule has 1 atom stereocenters. The highest BCUT2D eigenvalue weighted by molar-refractivity contribution is 7.89. The summed E-state index contributed by atoms with van der Waals surface area (Å²) in [6.07, 6.45) is 5.89. The minimum absolute atomic E-state index is 0.235. The van der Waals surface area contributed by atoms with E-state index < -0.39 is 10.0 Å². The van der Waals surface area contributed by atoms with Gasteiger partial charge in [0.15, 0.2) is 0 Å². The van der Waals surface area contributed by atoms with E-state index in [9.17, 15) is 8.42 Å². The van der Waals surface area contributed by atoms with Crippen molar-refractivity contribution >= 4 is 20.9 Å². The number of sulfonamides is 1. The molecule has 0 radical (unpaired) electrons. The monoisotopic (exact) mass is 370 g/mol. The molecular formula is C18H18N4O3S. The predicted molar refractivity (Wildman–Crippen MR) is 96.2 cm³/mol. The van der Waals surface area contributed by atoms with Gasteiger partial charge in [0.25, 0.3) is 0 Å². The summed E-state index contributed by atoms with van der Waals surface area (Å²) in [5, 5.41) is 0.805. The Morgan fingerprint density at radius 3 is 2.81 bits per heavy atom. The number of nitrogens with zero attached hydrogens (tertiary/aromatic N) is 4. The molecule has 0 N–H and O–H groups in total. The van der Waals surface area contributed by atoms with Crippen molar-refractivity contribution in [2.45, 2.75) is 23.8 Å². The molecule has 1 aliphatic heterocycles. The van der Waals surface area contributed by atoms with Crippen LogP contribution in [0.5, 0.6) is 5.88 Å². The van der Waals surface area contributed by atoms with Gasteiger partial charge in [0.1, 0.15) is 17.3 Å². The quantitative estimate of drug-likeness (QED) is 0.700. The van der Waals surface area contributed by atoms with Gasteiger partial charge in [-0.05, 0) is 25.0 Å². The van der Waals surface area contributed by atoms with Gasteiger partial charge in [-0.15, -0.1) is 0 Å². The fraction of sp³-hybridized carbons (Fsp3) is 0.278. The van der Waals surface area contributed by atoms with Crippen molar-refractivity contribution < 1.29 is 13.2 Å². The molecule has 1 fully saturated rings. The second-order valence-electron chi connectivity index (χ2n) is 6.12. The molecule has 4 rings (SSSR count). The number of aromatic nitrogens is 3. The Bertz CT molecular complexity index is 1010. The topological polar surface area (TPSA) is 85.3 Å². The highest BCUT2D eigenvalue weighted by Crippen LogP contribution is 2.27. The number of ether oxygens (including phenoxy) is 1. The number of hydrogen-bond donors (Lipinski definition) is 0. The third-order valence-electron chi connectivity index (χ3n) is 4.40. The minimum Gasteiger partial charge on any atom is -0.473 e. The van der Waals surface area contributed by atoms with Gasteiger partial charge in [-0.2, -0.15) is 4.31 Å². The Labute approximate surface area is 151 Å². The van der Waals surface area contributed by atoms with Crippen LogP contribution < -0.4 is 4.74 Å². The first-order valence-electron chi connectivity index (χ1n) is 8.41. The maximum atomic E-state index is 13.2. The second-order valence-corrected chi connectivity index (χ2v) is 8.03. The lowest BCUT2D eigenvalue weighted by Crippen LogP contribution is -2.44. The Morgan fingerprint density at radius 2 is 1.96 bits per heavy atom. The molecule has 26 heavy (non-hydrogen) atoms. The summed E-state index contributed by atoms with van der Waals surface area (Å²) in [6.45, 7) is 0.755. The Balaban J connectivity index is 1.61. The Kier molecular flexibility index (Phi) is 4.52. The molecule has 0 saturated carbocycles. The van der Waals surface area contributed by atoms with Gasteiger partial charge >= 0.3 is 0 Å². The highest BCUT2D eigenvalue weighted by Gasteiger charge is 2.32. The van der Waals surface area contributed by atoms with E-state index in [0.29, 0.717) is 17.9 Å². The molecule has 1 aliphatic rings. The summed E-state index contributed by atoms with van der Waals surface area (Å²) < 4.78 is 33.7. The van der Waals surface area contributed by atoms with Crippen molar-refractivity contribution in [3.63, 3.8) is 0 Å². The fourth-order valence-electron chi connectivity index (χ4n) is 3.16. The molecular weight excluding hydrogens is 352 g/mol. The van der Waals surface area contributed by atoms with E-state index in [2.05, 4.69) is 15.0 Å². The minimum atomic E-state index is -3.66. The van der Waals surface area contributed by atoms with Gasteiger partial charge in [-0.1, -0.05) is 18.2 Å². The molecule has 0 amide bonds. The van der Waals surface area contributed by atoms with Crippen molar-refractivity contribution in [3.05, 3.63) is 55.1 Å². The van der Waals surface area contributed by atoms with Crippen molar-refractivity contribution in [3.8, 4) is 5.88 Å². The van der Waals surface area contributed by atoms with E-state index in [4.69, 9.17) is 4.74 Å². The standard InChI is InChI=1S/C18H18N4O3S/c23-26(24,16-7-1-4-14-5-2-9-20-18(14)16)22-11-3-6-15(12-22)25-17-8-10-19-13-21-17/h1-2,4-5,7-10,13,15H,3,6,11-12H2. The molecule has 1 unspecified atom stereocenters. The van der Waals surface area contributed by atoms with E-state index in [1.54, 1.807) is 36.7 Å². The molecule has 0 bridgehead atoms. The van der Waals surface area contributed by atoms with Crippen LogP contribution in [0.1, 0.15) is 12.8 Å². The van der Waals surface area contributed by atoms with Crippen LogP contribution in [0.15, 0.2) is 60.0 Å². The van der Waals surface area contributed by atoms with E-state index in [0.717, 1.165) is 18.2 Å². The lowest BCUT2D eigenvalue weighted by Gasteiger charge is -2.31. The summed E-state index contributed by atoms with van der Waals surface area (Å²) in [7, 11) is -3.66. The molecule has 1 aromatic carbocycles. The van der Waals surface area contributed by atoms with Crippen LogP contribution in [-0.2, 0) is 10.0 Å². The number of benzene rings is 1. The normalized spacial score (nSPS) is 18.7. The zero-order chi connectivity index (χ0) is 18.0. The van der Waals surface area contributed by atoms with Gasteiger partial charge in [-0.3, -0.25) is 4.98 Å². The van der Waals surface area contributed by atoms with Gasteiger partial charge in [0.2, 0.25) is 15.9 Å². The third kappa shape index (κ3) is 3.25. The van der Waals surface area contributed by atoms with Gasteiger partial charge in [-0.25, -0.2) is 18.4 Å². The molecule has 8 heteroatoms. The van der Waals surface area contributed by atoms with E-state index >= 15 is 0 Å². The molecule has 2 aromatic heterocycles. The first-order chi connectivity index (χ1) is 12.6. The maximum absolute atomic E-state index is 13.2. The molecule has 3 heterocycles. The van der Waals surface area contributed by atoms with Crippen molar-refractivity contribution in [1.29, 1.82) is 0 Å². The number of pyridine rings is 1. The van der Waals surface area contributed by atoms with Crippen LogP contribution in [0.4, 0.5) is 0 Å². The highest BCUT2D eigenvalue weighted by atomic mass is 32.2. The zero-order valence-electron chi connectivity index (χ0n) is 14.0. The second kappa shape index (κ2) is 6.97. The largest absolute Gasteiger partial charge is 0.473 e. The van der Waals surface area contributed by atoms with Gasteiger partial charge < -0.3 is 4.74 Å². The van der Waals surface area contributed by atoms with Crippen LogP contribution in [-0.4, -0.2) is 46.9 Å². The van der Waals surface area contributed by atoms with Gasteiger partial charge in [0, 0.05) is 30.4 Å². The van der Waals surface area contributed by atoms with Gasteiger partial charge in [0.05, 0.1) is 12.1 Å². The molecule has 7 nitrogen and oxygen atoms in total. The Morgan fingerprint density at radius 1 is 1.08 bits per heavy atom. The van der Waals surface area contributed by atoms with Crippen molar-refractivity contribution in [2.24, 2.45) is 0 Å². The first kappa shape index (κ1) is 16.9. The lowest BCUT2D eigenvalue weighted by atomic mass is 10.1. The SMILES string of the molecule is O=S(=O)(c1cccc2cccnc12)N1CCCC(Oc2ccncn2)C1. The molecule has 134 valence electrons. The number of hydrogen-bond acceptors (Lipinski definition) is 6. The zero-order valence-corrected chi connectivity index (χ0v) is 14.8. The number of rotatable bonds is 4. The van der Waals surface area contributed by atoms with Crippen LogP contribution in [0.3, 0.4) is 0 Å². The van der Waals surface area contributed by atoms with E-state index in [1.807, 2.05) is 12.1 Å². The molecule has 3 aromatic rings. The summed E-state index contributed by atoms with van der Waals surface area (Å²) in [5.41, 5.74) is 0.494. The summed E-state index contributed by atoms with van der Waals surface area (Å²) in [4.78, 5) is 12.4.